The van der Waals surface area contributed by atoms with Crippen LogP contribution in [0.5, 0.6) is 0 Å². The van der Waals surface area contributed by atoms with Gasteiger partial charge >= 0.3 is 0 Å². The number of hydrogen-bond acceptors (Lipinski definition) is 4. The molecule has 2 rings (SSSR count). The van der Waals surface area contributed by atoms with E-state index >= 15 is 0 Å². The van der Waals surface area contributed by atoms with Crippen LogP contribution in [0.15, 0.2) is 52.0 Å². The Bertz CT molecular complexity index is 719. The molecule has 7 heteroatoms. The standard InChI is InChI=1S/C15H18N2O4S/c1-17(2)22(19,20)14-7-5-12(6-8-14)10-15(18)16-11-13-4-3-9-21-13/h3-9H,10-11H2,1-2H3,(H,16,18). The molecule has 6 nitrogen and oxygen atoms in total. The van der Waals surface area contributed by atoms with Crippen molar-refractivity contribution in [3.63, 3.8) is 0 Å². The second-order valence-corrected chi connectivity index (χ2v) is 7.12. The maximum absolute atomic E-state index is 11.9. The molecular formula is C15H18N2O4S. The Morgan fingerprint density at radius 3 is 2.41 bits per heavy atom. The van der Waals surface area contributed by atoms with Gasteiger partial charge in [-0.2, -0.15) is 0 Å². The van der Waals surface area contributed by atoms with Crippen molar-refractivity contribution in [3.05, 3.63) is 54.0 Å². The summed E-state index contributed by atoms with van der Waals surface area (Å²) >= 11 is 0. The second-order valence-electron chi connectivity index (χ2n) is 4.96. The van der Waals surface area contributed by atoms with Gasteiger partial charge in [0.2, 0.25) is 15.9 Å². The fourth-order valence-electron chi connectivity index (χ4n) is 1.84. The summed E-state index contributed by atoms with van der Waals surface area (Å²) < 4.78 is 30.1. The Kier molecular flexibility index (Phi) is 4.99. The number of benzene rings is 1. The minimum atomic E-state index is -3.44. The number of nitrogens with one attached hydrogen (secondary N) is 1. The highest BCUT2D eigenvalue weighted by molar-refractivity contribution is 7.89. The van der Waals surface area contributed by atoms with E-state index in [0.29, 0.717) is 12.3 Å². The zero-order chi connectivity index (χ0) is 16.2. The third kappa shape index (κ3) is 3.96. The van der Waals surface area contributed by atoms with Gasteiger partial charge < -0.3 is 9.73 Å². The molecule has 1 N–H and O–H groups in total. The summed E-state index contributed by atoms with van der Waals surface area (Å²) in [5.41, 5.74) is 0.745. The van der Waals surface area contributed by atoms with Gasteiger partial charge in [0.25, 0.3) is 0 Å². The average Bonchev–Trinajstić information content (AvgIpc) is 2.99. The monoisotopic (exact) mass is 322 g/mol. The van der Waals surface area contributed by atoms with Crippen molar-refractivity contribution in [2.24, 2.45) is 0 Å². The zero-order valence-corrected chi connectivity index (χ0v) is 13.3. The van der Waals surface area contributed by atoms with Gasteiger partial charge in [-0.25, -0.2) is 12.7 Å². The summed E-state index contributed by atoms with van der Waals surface area (Å²) in [7, 11) is -0.487. The minimum absolute atomic E-state index is 0.153. The second kappa shape index (κ2) is 6.76. The number of nitrogens with zero attached hydrogens (tertiary/aromatic N) is 1. The van der Waals surface area contributed by atoms with Crippen molar-refractivity contribution in [2.75, 3.05) is 14.1 Å². The third-order valence-electron chi connectivity index (χ3n) is 3.11. The molecule has 0 fully saturated rings. The summed E-state index contributed by atoms with van der Waals surface area (Å²) in [6.45, 7) is 0.332. The van der Waals surface area contributed by atoms with Crippen molar-refractivity contribution in [3.8, 4) is 0 Å². The van der Waals surface area contributed by atoms with E-state index < -0.39 is 10.0 Å². The van der Waals surface area contributed by atoms with E-state index in [-0.39, 0.29) is 17.2 Å². The molecule has 1 amide bonds. The van der Waals surface area contributed by atoms with Crippen molar-refractivity contribution >= 4 is 15.9 Å². The SMILES string of the molecule is CN(C)S(=O)(=O)c1ccc(CC(=O)NCc2ccco2)cc1. The Balaban J connectivity index is 1.95. The summed E-state index contributed by atoms with van der Waals surface area (Å²) in [4.78, 5) is 12.0. The zero-order valence-electron chi connectivity index (χ0n) is 12.4. The topological polar surface area (TPSA) is 79.6 Å². The van der Waals surface area contributed by atoms with Crippen LogP contribution in [-0.2, 0) is 27.8 Å². The molecule has 2 aromatic rings. The predicted molar refractivity (Wildman–Crippen MR) is 81.6 cm³/mol. The highest BCUT2D eigenvalue weighted by atomic mass is 32.2. The van der Waals surface area contributed by atoms with Crippen LogP contribution in [0.4, 0.5) is 0 Å². The first-order valence-electron chi connectivity index (χ1n) is 6.70. The van der Waals surface area contributed by atoms with Crippen LogP contribution >= 0.6 is 0 Å². The van der Waals surface area contributed by atoms with E-state index in [1.165, 1.54) is 26.2 Å². The highest BCUT2D eigenvalue weighted by Crippen LogP contribution is 2.14. The molecule has 1 aromatic heterocycles. The summed E-state index contributed by atoms with van der Waals surface area (Å²) in [6.07, 6.45) is 1.73. The van der Waals surface area contributed by atoms with E-state index in [9.17, 15) is 13.2 Å². The lowest BCUT2D eigenvalue weighted by molar-refractivity contribution is -0.120. The van der Waals surface area contributed by atoms with E-state index in [0.717, 1.165) is 9.87 Å². The molecule has 0 unspecified atom stereocenters. The Labute approximate surface area is 129 Å². The summed E-state index contributed by atoms with van der Waals surface area (Å²) in [5.74, 6) is 0.528. The number of furan rings is 1. The first-order chi connectivity index (χ1) is 10.4. The van der Waals surface area contributed by atoms with Gasteiger partial charge in [0, 0.05) is 14.1 Å². The molecule has 0 radical (unpaired) electrons. The van der Waals surface area contributed by atoms with Crippen LogP contribution < -0.4 is 5.32 Å². The molecule has 1 aromatic carbocycles. The van der Waals surface area contributed by atoms with Crippen molar-refractivity contribution < 1.29 is 17.6 Å². The molecule has 22 heavy (non-hydrogen) atoms. The number of hydrogen-bond donors (Lipinski definition) is 1. The molecule has 0 saturated carbocycles. The van der Waals surface area contributed by atoms with Gasteiger partial charge in [0.1, 0.15) is 5.76 Å². The summed E-state index contributed by atoms with van der Waals surface area (Å²) in [6, 6.07) is 9.83. The summed E-state index contributed by atoms with van der Waals surface area (Å²) in [5, 5.41) is 2.74. The van der Waals surface area contributed by atoms with Crippen LogP contribution in [0, 0.1) is 0 Å². The quantitative estimate of drug-likeness (QED) is 0.871. The van der Waals surface area contributed by atoms with Crippen LogP contribution in [0.3, 0.4) is 0 Å². The lowest BCUT2D eigenvalue weighted by atomic mass is 10.1. The molecule has 0 aliphatic heterocycles. The molecule has 0 saturated heterocycles. The third-order valence-corrected chi connectivity index (χ3v) is 4.94. The van der Waals surface area contributed by atoms with Crippen LogP contribution in [0.2, 0.25) is 0 Å². The molecule has 118 valence electrons. The lowest BCUT2D eigenvalue weighted by Crippen LogP contribution is -2.24. The molecule has 0 atom stereocenters. The molecule has 0 aliphatic carbocycles. The van der Waals surface area contributed by atoms with Gasteiger partial charge in [0.05, 0.1) is 24.1 Å². The molecule has 1 heterocycles. The number of carbonyl (C=O) groups excluding carboxylic acids is 1. The fourth-order valence-corrected chi connectivity index (χ4v) is 2.74. The highest BCUT2D eigenvalue weighted by Gasteiger charge is 2.16. The van der Waals surface area contributed by atoms with Gasteiger partial charge in [0.15, 0.2) is 0 Å². The van der Waals surface area contributed by atoms with Crippen LogP contribution in [0.25, 0.3) is 0 Å². The maximum Gasteiger partial charge on any atom is 0.242 e. The first kappa shape index (κ1) is 16.3. The number of carbonyl (C=O) groups is 1. The lowest BCUT2D eigenvalue weighted by Gasteiger charge is -2.11. The Hall–Kier alpha value is -2.12. The van der Waals surface area contributed by atoms with Crippen LogP contribution in [-0.4, -0.2) is 32.7 Å². The van der Waals surface area contributed by atoms with Gasteiger partial charge in [-0.3, -0.25) is 4.79 Å². The average molecular weight is 322 g/mol. The van der Waals surface area contributed by atoms with Gasteiger partial charge in [-0.15, -0.1) is 0 Å². The molecule has 0 spiro atoms. The Morgan fingerprint density at radius 1 is 1.18 bits per heavy atom. The predicted octanol–water partition coefficient (Wildman–Crippen LogP) is 1.39. The van der Waals surface area contributed by atoms with Gasteiger partial charge in [-0.05, 0) is 29.8 Å². The molecule has 0 aliphatic rings. The number of amides is 1. The molecule has 0 bridgehead atoms. The van der Waals surface area contributed by atoms with E-state index in [4.69, 9.17) is 4.42 Å². The van der Waals surface area contributed by atoms with E-state index in [2.05, 4.69) is 5.32 Å². The normalized spacial score (nSPS) is 11.6. The molecular weight excluding hydrogens is 304 g/mol. The van der Waals surface area contributed by atoms with Crippen molar-refractivity contribution in [2.45, 2.75) is 17.9 Å². The van der Waals surface area contributed by atoms with Gasteiger partial charge in [-0.1, -0.05) is 12.1 Å². The van der Waals surface area contributed by atoms with Crippen molar-refractivity contribution in [1.29, 1.82) is 0 Å². The van der Waals surface area contributed by atoms with E-state index in [1.54, 1.807) is 30.5 Å². The van der Waals surface area contributed by atoms with Crippen molar-refractivity contribution in [1.82, 2.24) is 9.62 Å². The number of rotatable bonds is 6. The minimum Gasteiger partial charge on any atom is -0.467 e. The number of sulfonamides is 1. The smallest absolute Gasteiger partial charge is 0.242 e. The first-order valence-corrected chi connectivity index (χ1v) is 8.14. The van der Waals surface area contributed by atoms with E-state index in [1.807, 2.05) is 0 Å². The largest absolute Gasteiger partial charge is 0.467 e. The fraction of sp³-hybridized carbons (Fsp3) is 0.267. The Morgan fingerprint density at radius 2 is 1.86 bits per heavy atom. The van der Waals surface area contributed by atoms with Crippen LogP contribution in [0.1, 0.15) is 11.3 Å². The maximum atomic E-state index is 11.9.